The quantitative estimate of drug-likeness (QED) is 0.810. The number of fused-ring (bicyclic) bond motifs is 2. The standard InChI is InChI=1S/C22H32N4O2S/c1-3-4-11-25-13-9-16(10-14-25)23-20(27)19-15(2)18-21(29-19)24-17-8-6-5-7-12-26(17)22(18)28/h16H,3-14H2,1-2H3,(H,23,27). The Kier molecular flexibility index (Phi) is 6.35. The first-order valence-corrected chi connectivity index (χ1v) is 12.0. The Morgan fingerprint density at radius 2 is 2.00 bits per heavy atom. The summed E-state index contributed by atoms with van der Waals surface area (Å²) in [4.78, 5) is 34.7. The van der Waals surface area contributed by atoms with E-state index < -0.39 is 0 Å². The summed E-state index contributed by atoms with van der Waals surface area (Å²) in [6.45, 7) is 8.11. The van der Waals surface area contributed by atoms with Crippen LogP contribution in [0.1, 0.15) is 72.9 Å². The third-order valence-corrected chi connectivity index (χ3v) is 7.55. The van der Waals surface area contributed by atoms with Crippen molar-refractivity contribution in [1.29, 1.82) is 0 Å². The number of unbranched alkanes of at least 4 members (excludes halogenated alkanes) is 1. The third-order valence-electron chi connectivity index (χ3n) is 6.37. The van der Waals surface area contributed by atoms with Crippen molar-refractivity contribution in [2.75, 3.05) is 19.6 Å². The minimum Gasteiger partial charge on any atom is -0.349 e. The molecule has 6 nitrogen and oxygen atoms in total. The minimum absolute atomic E-state index is 0.0314. The van der Waals surface area contributed by atoms with Crippen LogP contribution in [0.15, 0.2) is 4.79 Å². The number of nitrogens with zero attached hydrogens (tertiary/aromatic N) is 3. The number of rotatable bonds is 5. The number of hydrogen-bond acceptors (Lipinski definition) is 5. The van der Waals surface area contributed by atoms with Crippen LogP contribution < -0.4 is 10.9 Å². The van der Waals surface area contributed by atoms with Gasteiger partial charge in [-0.15, -0.1) is 11.3 Å². The Morgan fingerprint density at radius 3 is 2.76 bits per heavy atom. The predicted molar refractivity (Wildman–Crippen MR) is 118 cm³/mol. The first kappa shape index (κ1) is 20.5. The minimum atomic E-state index is -0.0443. The Morgan fingerprint density at radius 1 is 1.21 bits per heavy atom. The van der Waals surface area contributed by atoms with Crippen LogP contribution in [0, 0.1) is 6.92 Å². The van der Waals surface area contributed by atoms with Crippen molar-refractivity contribution >= 4 is 27.5 Å². The van der Waals surface area contributed by atoms with Gasteiger partial charge < -0.3 is 10.2 Å². The molecular weight excluding hydrogens is 384 g/mol. The van der Waals surface area contributed by atoms with Crippen LogP contribution in [0.3, 0.4) is 0 Å². The summed E-state index contributed by atoms with van der Waals surface area (Å²) in [6.07, 6.45) is 8.54. The highest BCUT2D eigenvalue weighted by Crippen LogP contribution is 2.28. The molecule has 1 N–H and O–H groups in total. The van der Waals surface area contributed by atoms with E-state index in [4.69, 9.17) is 4.98 Å². The van der Waals surface area contributed by atoms with Crippen molar-refractivity contribution in [2.45, 2.75) is 77.8 Å². The van der Waals surface area contributed by atoms with Gasteiger partial charge in [-0.1, -0.05) is 19.8 Å². The normalized spacial score (nSPS) is 18.6. The molecule has 0 bridgehead atoms. The van der Waals surface area contributed by atoms with E-state index in [0.717, 1.165) is 80.9 Å². The van der Waals surface area contributed by atoms with Crippen LogP contribution >= 0.6 is 11.3 Å². The number of carbonyl (C=O) groups is 1. The summed E-state index contributed by atoms with van der Waals surface area (Å²) in [7, 11) is 0. The first-order chi connectivity index (χ1) is 14.1. The van der Waals surface area contributed by atoms with E-state index in [9.17, 15) is 9.59 Å². The average Bonchev–Trinajstić information content (AvgIpc) is 2.89. The second kappa shape index (κ2) is 8.96. The predicted octanol–water partition coefficient (Wildman–Crippen LogP) is 3.49. The van der Waals surface area contributed by atoms with Crippen LogP contribution in [-0.2, 0) is 13.0 Å². The summed E-state index contributed by atoms with van der Waals surface area (Å²) in [6, 6.07) is 0.218. The van der Waals surface area contributed by atoms with E-state index >= 15 is 0 Å². The zero-order chi connectivity index (χ0) is 20.4. The second-order valence-corrected chi connectivity index (χ2v) is 9.47. The molecular formula is C22H32N4O2S. The van der Waals surface area contributed by atoms with Gasteiger partial charge in [-0.25, -0.2) is 4.98 Å². The number of piperidine rings is 1. The van der Waals surface area contributed by atoms with E-state index in [-0.39, 0.29) is 17.5 Å². The van der Waals surface area contributed by atoms with Gasteiger partial charge in [0.05, 0.1) is 10.3 Å². The Balaban J connectivity index is 1.51. The van der Waals surface area contributed by atoms with Crippen LogP contribution in [0.25, 0.3) is 10.2 Å². The SMILES string of the molecule is CCCCN1CCC(NC(=O)c2sc3nc4n(c(=O)c3c2C)CCCCC4)CC1. The molecule has 1 amide bonds. The molecule has 0 aromatic carbocycles. The summed E-state index contributed by atoms with van der Waals surface area (Å²) in [5.41, 5.74) is 0.823. The lowest BCUT2D eigenvalue weighted by Crippen LogP contribution is -2.44. The Bertz CT molecular complexity index is 940. The highest BCUT2D eigenvalue weighted by atomic mass is 32.1. The maximum Gasteiger partial charge on any atom is 0.262 e. The third kappa shape index (κ3) is 4.26. The smallest absolute Gasteiger partial charge is 0.262 e. The lowest BCUT2D eigenvalue weighted by Gasteiger charge is -2.32. The molecule has 0 aliphatic carbocycles. The number of likely N-dealkylation sites (tertiary alicyclic amines) is 1. The van der Waals surface area contributed by atoms with E-state index in [2.05, 4.69) is 17.1 Å². The fourth-order valence-corrected chi connectivity index (χ4v) is 5.65. The zero-order valence-electron chi connectivity index (χ0n) is 17.6. The highest BCUT2D eigenvalue weighted by molar-refractivity contribution is 7.20. The molecule has 0 saturated carbocycles. The fraction of sp³-hybridized carbons (Fsp3) is 0.682. The molecule has 2 aromatic rings. The number of thiophene rings is 1. The average molecular weight is 417 g/mol. The van der Waals surface area contributed by atoms with Crippen molar-refractivity contribution in [3.05, 3.63) is 26.6 Å². The van der Waals surface area contributed by atoms with Crippen molar-refractivity contribution in [1.82, 2.24) is 19.8 Å². The van der Waals surface area contributed by atoms with E-state index in [1.165, 1.54) is 24.2 Å². The van der Waals surface area contributed by atoms with Crippen molar-refractivity contribution in [2.24, 2.45) is 0 Å². The van der Waals surface area contributed by atoms with Gasteiger partial charge in [-0.05, 0) is 51.1 Å². The summed E-state index contributed by atoms with van der Waals surface area (Å²) in [5, 5.41) is 3.86. The molecule has 29 heavy (non-hydrogen) atoms. The van der Waals surface area contributed by atoms with Gasteiger partial charge in [0.1, 0.15) is 10.7 Å². The fourth-order valence-electron chi connectivity index (χ4n) is 4.56. The molecule has 0 radical (unpaired) electrons. The number of nitrogens with one attached hydrogen (secondary N) is 1. The Hall–Kier alpha value is -1.73. The van der Waals surface area contributed by atoms with Gasteiger partial charge in [-0.3, -0.25) is 14.2 Å². The number of aryl methyl sites for hydroxylation is 2. The molecule has 2 aliphatic heterocycles. The van der Waals surface area contributed by atoms with Gasteiger partial charge in [-0.2, -0.15) is 0 Å². The lowest BCUT2D eigenvalue weighted by atomic mass is 10.0. The van der Waals surface area contributed by atoms with Crippen LogP contribution in [0.5, 0.6) is 0 Å². The van der Waals surface area contributed by atoms with Gasteiger partial charge in [0, 0.05) is 32.1 Å². The van der Waals surface area contributed by atoms with Crippen molar-refractivity contribution in [3.63, 3.8) is 0 Å². The largest absolute Gasteiger partial charge is 0.349 e. The molecule has 2 aromatic heterocycles. The highest BCUT2D eigenvalue weighted by Gasteiger charge is 2.25. The van der Waals surface area contributed by atoms with Crippen LogP contribution in [-0.4, -0.2) is 46.0 Å². The summed E-state index contributed by atoms with van der Waals surface area (Å²) < 4.78 is 1.84. The number of aromatic nitrogens is 2. The molecule has 4 heterocycles. The van der Waals surface area contributed by atoms with Gasteiger partial charge in [0.25, 0.3) is 11.5 Å². The molecule has 0 unspecified atom stereocenters. The van der Waals surface area contributed by atoms with E-state index in [1.807, 2.05) is 11.5 Å². The molecule has 158 valence electrons. The summed E-state index contributed by atoms with van der Waals surface area (Å²) >= 11 is 1.38. The number of hydrogen-bond donors (Lipinski definition) is 1. The zero-order valence-corrected chi connectivity index (χ0v) is 18.4. The monoisotopic (exact) mass is 416 g/mol. The number of amides is 1. The molecule has 2 aliphatic rings. The van der Waals surface area contributed by atoms with E-state index in [0.29, 0.717) is 10.3 Å². The topological polar surface area (TPSA) is 67.2 Å². The van der Waals surface area contributed by atoms with Crippen LogP contribution in [0.2, 0.25) is 0 Å². The van der Waals surface area contributed by atoms with Gasteiger partial charge in [0.2, 0.25) is 0 Å². The summed E-state index contributed by atoms with van der Waals surface area (Å²) in [5.74, 6) is 0.838. The first-order valence-electron chi connectivity index (χ1n) is 11.1. The molecule has 7 heteroatoms. The molecule has 4 rings (SSSR count). The molecule has 1 fully saturated rings. The van der Waals surface area contributed by atoms with E-state index in [1.54, 1.807) is 0 Å². The number of carbonyl (C=O) groups excluding carboxylic acids is 1. The van der Waals surface area contributed by atoms with Crippen molar-refractivity contribution < 1.29 is 4.79 Å². The maximum absolute atomic E-state index is 13.1. The van der Waals surface area contributed by atoms with Crippen molar-refractivity contribution in [3.8, 4) is 0 Å². The maximum atomic E-state index is 13.1. The van der Waals surface area contributed by atoms with Crippen LogP contribution in [0.4, 0.5) is 0 Å². The Labute approximate surface area is 176 Å². The van der Waals surface area contributed by atoms with Gasteiger partial charge in [0.15, 0.2) is 0 Å². The molecule has 0 spiro atoms. The molecule has 0 atom stereocenters. The lowest BCUT2D eigenvalue weighted by molar-refractivity contribution is 0.0914. The second-order valence-electron chi connectivity index (χ2n) is 8.47. The van der Waals surface area contributed by atoms with Gasteiger partial charge >= 0.3 is 0 Å². The molecule has 1 saturated heterocycles.